The molecular formula is C8H16O4Si. The molecule has 0 aliphatic heterocycles. The van der Waals surface area contributed by atoms with Crippen LogP contribution in [0.15, 0.2) is 0 Å². The Hall–Kier alpha value is -0.843. The van der Waals surface area contributed by atoms with Gasteiger partial charge in [0.05, 0.1) is 6.10 Å². The predicted octanol–water partition coefficient (Wildman–Crippen LogP) is -0.0681. The normalized spacial score (nSPS) is 10.1. The van der Waals surface area contributed by atoms with Crippen molar-refractivity contribution in [2.24, 2.45) is 0 Å². The van der Waals surface area contributed by atoms with Gasteiger partial charge in [-0.25, -0.2) is 0 Å². The number of hydrogen-bond acceptors (Lipinski definition) is 4. The summed E-state index contributed by atoms with van der Waals surface area (Å²) in [6.45, 7) is 3.59. The summed E-state index contributed by atoms with van der Waals surface area (Å²) >= 11 is 0. The van der Waals surface area contributed by atoms with E-state index in [0.717, 1.165) is 0 Å². The molecule has 76 valence electrons. The summed E-state index contributed by atoms with van der Waals surface area (Å²) in [6, 6.07) is 0. The Morgan fingerprint density at radius 3 is 2.23 bits per heavy atom. The van der Waals surface area contributed by atoms with E-state index in [0.29, 0.717) is 23.3 Å². The van der Waals surface area contributed by atoms with Crippen LogP contribution in [0.25, 0.3) is 0 Å². The van der Waals surface area contributed by atoms with E-state index < -0.39 is 0 Å². The molecule has 0 saturated carbocycles. The van der Waals surface area contributed by atoms with Crippen LogP contribution in [0, 0.1) is 0 Å². The monoisotopic (exact) mass is 204 g/mol. The van der Waals surface area contributed by atoms with Gasteiger partial charge in [-0.15, -0.1) is 0 Å². The summed E-state index contributed by atoms with van der Waals surface area (Å²) in [6.07, 6.45) is 1.01. The minimum absolute atomic E-state index is 0.0852. The van der Waals surface area contributed by atoms with Crippen LogP contribution in [0.5, 0.6) is 0 Å². The number of carbonyl (C=O) groups excluding carboxylic acids is 2. The van der Waals surface area contributed by atoms with E-state index in [1.54, 1.807) is 13.8 Å². The molecule has 0 amide bonds. The maximum absolute atomic E-state index is 11.0. The van der Waals surface area contributed by atoms with Crippen LogP contribution in [0.4, 0.5) is 0 Å². The zero-order valence-electron chi connectivity index (χ0n) is 8.33. The first-order chi connectivity index (χ1) is 6.06. The molecule has 0 aliphatic carbocycles. The van der Waals surface area contributed by atoms with E-state index in [-0.39, 0.29) is 24.5 Å². The van der Waals surface area contributed by atoms with Gasteiger partial charge in [0.15, 0.2) is 0 Å². The van der Waals surface area contributed by atoms with Crippen molar-refractivity contribution in [2.75, 3.05) is 0 Å². The van der Waals surface area contributed by atoms with Crippen molar-refractivity contribution in [3.8, 4) is 0 Å². The second-order valence-corrected chi connectivity index (χ2v) is 3.38. The van der Waals surface area contributed by atoms with Crippen LogP contribution < -0.4 is 0 Å². The molecule has 0 saturated heterocycles. The number of rotatable bonds is 5. The van der Waals surface area contributed by atoms with Crippen molar-refractivity contribution in [3.63, 3.8) is 0 Å². The molecule has 13 heavy (non-hydrogen) atoms. The number of esters is 1. The number of carbonyl (C=O) groups is 2. The second-order valence-electron chi connectivity index (χ2n) is 2.97. The Morgan fingerprint density at radius 2 is 1.77 bits per heavy atom. The molecule has 0 radical (unpaired) electrons. The summed E-state index contributed by atoms with van der Waals surface area (Å²) in [4.78, 5) is 21.6. The summed E-state index contributed by atoms with van der Waals surface area (Å²) < 4.78 is 9.44. The van der Waals surface area contributed by atoms with Gasteiger partial charge < -0.3 is 9.16 Å². The van der Waals surface area contributed by atoms with Gasteiger partial charge in [0.25, 0.3) is 5.97 Å². The largest absolute Gasteiger partial charge is 0.529 e. The SMILES string of the molecule is CC(C)OC(=O)CCCC(=O)O[SiH3]. The van der Waals surface area contributed by atoms with Gasteiger partial charge in [-0.05, 0) is 20.3 Å². The minimum Gasteiger partial charge on any atom is -0.529 e. The zero-order valence-corrected chi connectivity index (χ0v) is 10.3. The molecule has 0 aromatic carbocycles. The highest BCUT2D eigenvalue weighted by Crippen LogP contribution is 2.00. The van der Waals surface area contributed by atoms with Crippen molar-refractivity contribution in [3.05, 3.63) is 0 Å². The van der Waals surface area contributed by atoms with Crippen LogP contribution in [0.1, 0.15) is 33.1 Å². The van der Waals surface area contributed by atoms with Gasteiger partial charge in [-0.3, -0.25) is 9.59 Å². The van der Waals surface area contributed by atoms with E-state index >= 15 is 0 Å². The zero-order chi connectivity index (χ0) is 10.3. The third-order valence-electron chi connectivity index (χ3n) is 1.36. The quantitative estimate of drug-likeness (QED) is 0.465. The van der Waals surface area contributed by atoms with E-state index in [1.165, 1.54) is 0 Å². The van der Waals surface area contributed by atoms with E-state index in [9.17, 15) is 9.59 Å². The standard InChI is InChI=1S/C8H16O4Si/c1-6(2)11-7(9)4-3-5-8(10)12-13/h6H,3-5H2,1-2,13H3. The van der Waals surface area contributed by atoms with Gasteiger partial charge in [-0.1, -0.05) is 0 Å². The maximum Gasteiger partial charge on any atom is 0.306 e. The number of ether oxygens (including phenoxy) is 1. The fraction of sp³-hybridized carbons (Fsp3) is 0.750. The average molecular weight is 204 g/mol. The number of hydrogen-bond donors (Lipinski definition) is 0. The molecule has 0 fully saturated rings. The molecule has 0 heterocycles. The van der Waals surface area contributed by atoms with Crippen molar-refractivity contribution >= 4 is 22.4 Å². The summed E-state index contributed by atoms with van der Waals surface area (Å²) in [5.74, 6) is -0.486. The molecule has 5 heteroatoms. The van der Waals surface area contributed by atoms with Gasteiger partial charge >= 0.3 is 5.97 Å². The first kappa shape index (κ1) is 12.2. The fourth-order valence-corrected chi connectivity index (χ4v) is 1.01. The van der Waals surface area contributed by atoms with E-state index in [2.05, 4.69) is 4.43 Å². The topological polar surface area (TPSA) is 52.6 Å². The lowest BCUT2D eigenvalue weighted by Gasteiger charge is -2.06. The molecule has 0 aliphatic rings. The second kappa shape index (κ2) is 6.65. The highest BCUT2D eigenvalue weighted by atomic mass is 28.2. The van der Waals surface area contributed by atoms with Crippen LogP contribution in [-0.2, 0) is 18.8 Å². The first-order valence-corrected chi connectivity index (χ1v) is 5.14. The lowest BCUT2D eigenvalue weighted by atomic mass is 10.2. The molecule has 0 aromatic heterocycles. The lowest BCUT2D eigenvalue weighted by Crippen LogP contribution is -2.11. The summed E-state index contributed by atoms with van der Waals surface area (Å²) in [5.41, 5.74) is 0. The van der Waals surface area contributed by atoms with Crippen molar-refractivity contribution in [2.45, 2.75) is 39.2 Å². The minimum atomic E-state index is -0.254. The predicted molar refractivity (Wildman–Crippen MR) is 51.1 cm³/mol. The van der Waals surface area contributed by atoms with E-state index in [1.807, 2.05) is 0 Å². The van der Waals surface area contributed by atoms with Crippen LogP contribution >= 0.6 is 0 Å². The summed E-state index contributed by atoms with van der Waals surface area (Å²) in [7, 11) is 0.418. The molecule has 4 nitrogen and oxygen atoms in total. The molecular weight excluding hydrogens is 188 g/mol. The Labute approximate surface area is 81.1 Å². The van der Waals surface area contributed by atoms with Gasteiger partial charge in [0.2, 0.25) is 10.5 Å². The summed E-state index contributed by atoms with van der Waals surface area (Å²) in [5, 5.41) is 0. The average Bonchev–Trinajstić information content (AvgIpc) is 2.02. The lowest BCUT2D eigenvalue weighted by molar-refractivity contribution is -0.147. The van der Waals surface area contributed by atoms with Crippen LogP contribution in [0.2, 0.25) is 0 Å². The third kappa shape index (κ3) is 7.52. The van der Waals surface area contributed by atoms with Crippen molar-refractivity contribution < 1.29 is 18.8 Å². The molecule has 0 spiro atoms. The molecule has 0 atom stereocenters. The Balaban J connectivity index is 3.42. The van der Waals surface area contributed by atoms with Crippen LogP contribution in [0.3, 0.4) is 0 Å². The molecule has 0 rings (SSSR count). The van der Waals surface area contributed by atoms with Gasteiger partial charge in [-0.2, -0.15) is 0 Å². The van der Waals surface area contributed by atoms with Crippen molar-refractivity contribution in [1.29, 1.82) is 0 Å². The molecule has 0 aromatic rings. The first-order valence-electron chi connectivity index (χ1n) is 4.32. The third-order valence-corrected chi connectivity index (χ3v) is 1.81. The van der Waals surface area contributed by atoms with Crippen LogP contribution in [-0.4, -0.2) is 28.5 Å². The van der Waals surface area contributed by atoms with Gasteiger partial charge in [0, 0.05) is 12.8 Å². The van der Waals surface area contributed by atoms with Gasteiger partial charge in [0.1, 0.15) is 0 Å². The molecule has 0 bridgehead atoms. The van der Waals surface area contributed by atoms with E-state index in [4.69, 9.17) is 4.74 Å². The fourth-order valence-electron chi connectivity index (χ4n) is 0.801. The Morgan fingerprint density at radius 1 is 1.23 bits per heavy atom. The maximum atomic E-state index is 11.0. The highest BCUT2D eigenvalue weighted by Gasteiger charge is 2.06. The molecule has 0 N–H and O–H groups in total. The highest BCUT2D eigenvalue weighted by molar-refractivity contribution is 6.05. The Bertz CT molecular complexity index is 179. The smallest absolute Gasteiger partial charge is 0.306 e. The van der Waals surface area contributed by atoms with Crippen molar-refractivity contribution in [1.82, 2.24) is 0 Å². The molecule has 0 unspecified atom stereocenters. The Kier molecular flexibility index (Phi) is 6.22.